The number of rotatable bonds is 8. The van der Waals surface area contributed by atoms with E-state index in [4.69, 9.17) is 4.74 Å². The Morgan fingerprint density at radius 1 is 1.24 bits per heavy atom. The van der Waals surface area contributed by atoms with Crippen LogP contribution in [0.1, 0.15) is 60.0 Å². The second kappa shape index (κ2) is 10.5. The summed E-state index contributed by atoms with van der Waals surface area (Å²) in [6.07, 6.45) is 8.56. The molecule has 1 aliphatic carbocycles. The minimum Gasteiger partial charge on any atom is -0.465 e. The van der Waals surface area contributed by atoms with Gasteiger partial charge in [0.1, 0.15) is 5.82 Å². The van der Waals surface area contributed by atoms with Crippen molar-refractivity contribution < 1.29 is 23.8 Å². The van der Waals surface area contributed by atoms with Crippen molar-refractivity contribution in [3.8, 4) is 0 Å². The first-order valence-electron chi connectivity index (χ1n) is 12.0. The van der Waals surface area contributed by atoms with Crippen molar-refractivity contribution in [2.45, 2.75) is 62.5 Å². The van der Waals surface area contributed by atoms with Crippen molar-refractivity contribution in [3.05, 3.63) is 83.2 Å². The van der Waals surface area contributed by atoms with Gasteiger partial charge in [0, 0.05) is 18.4 Å². The van der Waals surface area contributed by atoms with Crippen molar-refractivity contribution in [1.29, 1.82) is 0 Å². The Labute approximate surface area is 200 Å². The van der Waals surface area contributed by atoms with E-state index in [0.29, 0.717) is 24.9 Å². The molecular weight excluding hydrogens is 433 g/mol. The number of benzene rings is 2. The van der Waals surface area contributed by atoms with Crippen molar-refractivity contribution in [2.75, 3.05) is 13.7 Å². The fourth-order valence-corrected chi connectivity index (χ4v) is 5.40. The lowest BCUT2D eigenvalue weighted by atomic mass is 9.74. The predicted molar refractivity (Wildman–Crippen MR) is 128 cm³/mol. The number of carbonyl (C=O) groups excluding carboxylic acids is 2. The van der Waals surface area contributed by atoms with Crippen molar-refractivity contribution in [3.63, 3.8) is 0 Å². The number of ether oxygens (including phenoxy) is 1. The quantitative estimate of drug-likeness (QED) is 0.458. The summed E-state index contributed by atoms with van der Waals surface area (Å²) >= 11 is 0. The Balaban J connectivity index is 1.43. The van der Waals surface area contributed by atoms with Crippen LogP contribution in [0.4, 0.5) is 4.39 Å². The SMILES string of the molecule is COC(=O)c1ccc(CCN2C(=O)CC[C@@H]2C=CC(O)C2(c3cccc(F)c3)CCCC2)cc1. The summed E-state index contributed by atoms with van der Waals surface area (Å²) in [5.41, 5.74) is 1.90. The molecule has 0 radical (unpaired) electrons. The van der Waals surface area contributed by atoms with Crippen molar-refractivity contribution in [2.24, 2.45) is 0 Å². The molecule has 1 saturated carbocycles. The topological polar surface area (TPSA) is 66.8 Å². The van der Waals surface area contributed by atoms with Crippen molar-refractivity contribution in [1.82, 2.24) is 4.90 Å². The number of amides is 1. The van der Waals surface area contributed by atoms with Crippen LogP contribution in [0, 0.1) is 5.82 Å². The Kier molecular flexibility index (Phi) is 7.47. The highest BCUT2D eigenvalue weighted by Crippen LogP contribution is 2.44. The summed E-state index contributed by atoms with van der Waals surface area (Å²) in [5.74, 6) is -0.550. The molecule has 2 aromatic carbocycles. The van der Waals surface area contributed by atoms with Gasteiger partial charge in [-0.15, -0.1) is 0 Å². The van der Waals surface area contributed by atoms with Crippen LogP contribution in [-0.4, -0.2) is 47.7 Å². The van der Waals surface area contributed by atoms with E-state index in [-0.39, 0.29) is 23.7 Å². The summed E-state index contributed by atoms with van der Waals surface area (Å²) in [7, 11) is 1.35. The smallest absolute Gasteiger partial charge is 0.337 e. The number of aliphatic hydroxyl groups is 1. The van der Waals surface area contributed by atoms with E-state index in [1.165, 1.54) is 13.2 Å². The summed E-state index contributed by atoms with van der Waals surface area (Å²) in [6, 6.07) is 13.7. The largest absolute Gasteiger partial charge is 0.465 e. The molecular formula is C28H32FNO4. The van der Waals surface area contributed by atoms with Crippen LogP contribution < -0.4 is 0 Å². The Morgan fingerprint density at radius 2 is 1.97 bits per heavy atom. The Morgan fingerprint density at radius 3 is 2.65 bits per heavy atom. The van der Waals surface area contributed by atoms with E-state index in [1.807, 2.05) is 35.3 Å². The van der Waals surface area contributed by atoms with Gasteiger partial charge in [-0.1, -0.05) is 49.3 Å². The first-order chi connectivity index (χ1) is 16.4. The average Bonchev–Trinajstić information content (AvgIpc) is 3.49. The highest BCUT2D eigenvalue weighted by molar-refractivity contribution is 5.89. The second-order valence-electron chi connectivity index (χ2n) is 9.33. The van der Waals surface area contributed by atoms with E-state index in [2.05, 4.69) is 0 Å². The van der Waals surface area contributed by atoms with E-state index < -0.39 is 11.5 Å². The molecule has 6 heteroatoms. The summed E-state index contributed by atoms with van der Waals surface area (Å²) in [4.78, 5) is 26.0. The maximum atomic E-state index is 13.9. The van der Waals surface area contributed by atoms with Gasteiger partial charge in [-0.25, -0.2) is 9.18 Å². The molecule has 5 nitrogen and oxygen atoms in total. The molecule has 4 rings (SSSR count). The lowest BCUT2D eigenvalue weighted by Gasteiger charge is -2.34. The van der Waals surface area contributed by atoms with Crippen LogP contribution in [-0.2, 0) is 21.4 Å². The van der Waals surface area contributed by atoms with E-state index in [0.717, 1.165) is 43.2 Å². The van der Waals surface area contributed by atoms with Gasteiger partial charge in [0.15, 0.2) is 0 Å². The van der Waals surface area contributed by atoms with Gasteiger partial charge in [0.25, 0.3) is 0 Å². The molecule has 1 unspecified atom stereocenters. The third kappa shape index (κ3) is 5.07. The molecule has 2 atom stereocenters. The van der Waals surface area contributed by atoms with E-state index in [9.17, 15) is 19.1 Å². The molecule has 1 amide bonds. The molecule has 0 bridgehead atoms. The number of halogens is 1. The molecule has 1 heterocycles. The Hall–Kier alpha value is -2.99. The first-order valence-corrected chi connectivity index (χ1v) is 12.0. The average molecular weight is 466 g/mol. The van der Waals surface area contributed by atoms with Gasteiger partial charge in [-0.3, -0.25) is 4.79 Å². The third-order valence-electron chi connectivity index (χ3n) is 7.37. The zero-order chi connectivity index (χ0) is 24.1. The lowest BCUT2D eigenvalue weighted by Crippen LogP contribution is -2.37. The highest BCUT2D eigenvalue weighted by Gasteiger charge is 2.41. The van der Waals surface area contributed by atoms with Crippen LogP contribution in [0.15, 0.2) is 60.7 Å². The van der Waals surface area contributed by atoms with E-state index in [1.54, 1.807) is 24.3 Å². The first kappa shape index (κ1) is 24.1. The van der Waals surface area contributed by atoms with Gasteiger partial charge in [-0.05, 0) is 61.1 Å². The second-order valence-corrected chi connectivity index (χ2v) is 9.33. The maximum Gasteiger partial charge on any atom is 0.337 e. The van der Waals surface area contributed by atoms with Gasteiger partial charge in [0.05, 0.1) is 24.8 Å². The minimum absolute atomic E-state index is 0.0672. The molecule has 1 N–H and O–H groups in total. The number of nitrogens with zero attached hydrogens (tertiary/aromatic N) is 1. The normalized spacial score (nSPS) is 20.7. The van der Waals surface area contributed by atoms with Crippen LogP contribution in [0.5, 0.6) is 0 Å². The molecule has 1 aliphatic heterocycles. The number of esters is 1. The highest BCUT2D eigenvalue weighted by atomic mass is 19.1. The van der Waals surface area contributed by atoms with Gasteiger partial charge >= 0.3 is 5.97 Å². The zero-order valence-electron chi connectivity index (χ0n) is 19.6. The molecule has 2 fully saturated rings. The van der Waals surface area contributed by atoms with Gasteiger partial charge < -0.3 is 14.7 Å². The van der Waals surface area contributed by atoms with Crippen LogP contribution in [0.25, 0.3) is 0 Å². The molecule has 2 aliphatic rings. The summed E-state index contributed by atoms with van der Waals surface area (Å²) < 4.78 is 18.6. The zero-order valence-corrected chi connectivity index (χ0v) is 19.6. The summed E-state index contributed by atoms with van der Waals surface area (Å²) in [6.45, 7) is 0.566. The lowest BCUT2D eigenvalue weighted by molar-refractivity contribution is -0.128. The predicted octanol–water partition coefficient (Wildman–Crippen LogP) is 4.57. The van der Waals surface area contributed by atoms with Crippen LogP contribution >= 0.6 is 0 Å². The molecule has 1 saturated heterocycles. The minimum atomic E-state index is -0.736. The standard InChI is InChI=1S/C28H32FNO4/c1-34-27(33)21-9-7-20(8-10-21)15-18-30-24(12-14-26(30)32)11-13-25(31)28(16-2-3-17-28)22-5-4-6-23(29)19-22/h4-11,13,19,24-25,31H,2-3,12,14-18H2,1H3/t24-,25?/m0/s1. The maximum absolute atomic E-state index is 13.9. The molecule has 2 aromatic rings. The monoisotopic (exact) mass is 465 g/mol. The number of hydrogen-bond donors (Lipinski definition) is 1. The van der Waals surface area contributed by atoms with Gasteiger partial charge in [-0.2, -0.15) is 0 Å². The number of carbonyl (C=O) groups is 2. The molecule has 0 aromatic heterocycles. The van der Waals surface area contributed by atoms with E-state index >= 15 is 0 Å². The van der Waals surface area contributed by atoms with Crippen LogP contribution in [0.3, 0.4) is 0 Å². The molecule has 180 valence electrons. The number of aliphatic hydroxyl groups excluding tert-OH is 1. The van der Waals surface area contributed by atoms with Crippen LogP contribution in [0.2, 0.25) is 0 Å². The number of methoxy groups -OCH3 is 1. The Bertz CT molecular complexity index is 1040. The molecule has 0 spiro atoms. The molecule has 34 heavy (non-hydrogen) atoms. The fraction of sp³-hybridized carbons (Fsp3) is 0.429. The van der Waals surface area contributed by atoms with Gasteiger partial charge in [0.2, 0.25) is 5.91 Å². The summed E-state index contributed by atoms with van der Waals surface area (Å²) in [5, 5.41) is 11.2. The fourth-order valence-electron chi connectivity index (χ4n) is 5.40. The third-order valence-corrected chi connectivity index (χ3v) is 7.37. The number of hydrogen-bond acceptors (Lipinski definition) is 4. The van der Waals surface area contributed by atoms with Crippen molar-refractivity contribution >= 4 is 11.9 Å². The number of likely N-dealkylation sites (tertiary alicyclic amines) is 1.